The van der Waals surface area contributed by atoms with Gasteiger partial charge in [-0.3, -0.25) is 0 Å². The van der Waals surface area contributed by atoms with Crippen molar-refractivity contribution in [2.75, 3.05) is 26.6 Å². The lowest BCUT2D eigenvalue weighted by molar-refractivity contribution is 0.324. The Kier molecular flexibility index (Phi) is 4.24. The highest BCUT2D eigenvalue weighted by Gasteiger charge is 2.13. The molecular formula is C15H18N4O3S. The average molecular weight is 334 g/mol. The fourth-order valence-corrected chi connectivity index (χ4v) is 3.12. The third kappa shape index (κ3) is 3.02. The number of aryl methyl sites for hydroxylation is 1. The molecule has 0 radical (unpaired) electrons. The van der Waals surface area contributed by atoms with E-state index in [9.17, 15) is 0 Å². The minimum Gasteiger partial charge on any atom is -0.493 e. The van der Waals surface area contributed by atoms with Crippen LogP contribution in [0.3, 0.4) is 0 Å². The van der Waals surface area contributed by atoms with Gasteiger partial charge in [0.15, 0.2) is 11.5 Å². The predicted octanol–water partition coefficient (Wildman–Crippen LogP) is 2.74. The van der Waals surface area contributed by atoms with E-state index >= 15 is 0 Å². The van der Waals surface area contributed by atoms with Crippen LogP contribution in [0.25, 0.3) is 4.96 Å². The van der Waals surface area contributed by atoms with E-state index in [1.807, 2.05) is 25.3 Å². The van der Waals surface area contributed by atoms with Crippen molar-refractivity contribution < 1.29 is 14.2 Å². The summed E-state index contributed by atoms with van der Waals surface area (Å²) in [6, 6.07) is 3.83. The summed E-state index contributed by atoms with van der Waals surface area (Å²) in [6.07, 6.45) is 1.90. The van der Waals surface area contributed by atoms with Gasteiger partial charge < -0.3 is 19.5 Å². The van der Waals surface area contributed by atoms with Crippen molar-refractivity contribution in [2.45, 2.75) is 13.5 Å². The number of nitrogens with zero attached hydrogens (tertiary/aromatic N) is 3. The van der Waals surface area contributed by atoms with E-state index in [0.717, 1.165) is 21.3 Å². The van der Waals surface area contributed by atoms with E-state index in [-0.39, 0.29) is 0 Å². The van der Waals surface area contributed by atoms with E-state index < -0.39 is 0 Å². The first kappa shape index (κ1) is 15.4. The Balaban J connectivity index is 1.80. The maximum atomic E-state index is 5.36. The van der Waals surface area contributed by atoms with Crippen molar-refractivity contribution in [3.63, 3.8) is 0 Å². The maximum absolute atomic E-state index is 5.36. The van der Waals surface area contributed by atoms with Gasteiger partial charge in [-0.2, -0.15) is 0 Å². The molecule has 0 aliphatic heterocycles. The molecule has 0 bridgehead atoms. The fraction of sp³-hybridized carbons (Fsp3) is 0.333. The number of methoxy groups -OCH3 is 3. The highest BCUT2D eigenvalue weighted by molar-refractivity contribution is 7.20. The molecular weight excluding hydrogens is 316 g/mol. The second-order valence-electron chi connectivity index (χ2n) is 4.90. The number of anilines is 1. The van der Waals surface area contributed by atoms with Crippen LogP contribution in [-0.4, -0.2) is 35.9 Å². The van der Waals surface area contributed by atoms with Crippen LogP contribution >= 0.6 is 11.3 Å². The van der Waals surface area contributed by atoms with Gasteiger partial charge >= 0.3 is 0 Å². The molecule has 0 spiro atoms. The molecule has 1 aromatic carbocycles. The summed E-state index contributed by atoms with van der Waals surface area (Å²) in [6.45, 7) is 2.54. The van der Waals surface area contributed by atoms with Gasteiger partial charge in [0.05, 0.1) is 33.2 Å². The first-order chi connectivity index (χ1) is 11.1. The lowest BCUT2D eigenvalue weighted by Gasteiger charge is -2.14. The van der Waals surface area contributed by atoms with E-state index in [1.165, 1.54) is 11.3 Å². The SMILES string of the molecule is COc1cc(CNc2nn3cc(C)nc3s2)cc(OC)c1OC. The molecule has 0 saturated heterocycles. The monoisotopic (exact) mass is 334 g/mol. The van der Waals surface area contributed by atoms with Crippen LogP contribution in [0.2, 0.25) is 0 Å². The number of hydrogen-bond acceptors (Lipinski definition) is 7. The van der Waals surface area contributed by atoms with Crippen LogP contribution in [0.5, 0.6) is 17.2 Å². The Morgan fingerprint density at radius 1 is 1.13 bits per heavy atom. The van der Waals surface area contributed by atoms with E-state index in [0.29, 0.717) is 23.8 Å². The number of aromatic nitrogens is 3. The topological polar surface area (TPSA) is 69.9 Å². The molecule has 2 aromatic heterocycles. The van der Waals surface area contributed by atoms with Gasteiger partial charge in [-0.1, -0.05) is 11.3 Å². The molecule has 3 aromatic rings. The molecule has 2 heterocycles. The summed E-state index contributed by atoms with van der Waals surface area (Å²) in [5.74, 6) is 1.85. The first-order valence-electron chi connectivity index (χ1n) is 7.00. The van der Waals surface area contributed by atoms with E-state index in [2.05, 4.69) is 15.4 Å². The quantitative estimate of drug-likeness (QED) is 0.747. The zero-order chi connectivity index (χ0) is 16.4. The summed E-state index contributed by atoms with van der Waals surface area (Å²) in [5, 5.41) is 8.54. The molecule has 0 aliphatic rings. The molecule has 7 nitrogen and oxygen atoms in total. The van der Waals surface area contributed by atoms with Crippen molar-refractivity contribution in [2.24, 2.45) is 0 Å². The number of benzene rings is 1. The summed E-state index contributed by atoms with van der Waals surface area (Å²) >= 11 is 1.51. The zero-order valence-electron chi connectivity index (χ0n) is 13.4. The van der Waals surface area contributed by atoms with Crippen molar-refractivity contribution in [3.05, 3.63) is 29.6 Å². The second kappa shape index (κ2) is 6.33. The molecule has 0 aliphatic carbocycles. The lowest BCUT2D eigenvalue weighted by atomic mass is 10.2. The molecule has 0 unspecified atom stereocenters. The van der Waals surface area contributed by atoms with Gasteiger partial charge in [0, 0.05) is 6.54 Å². The molecule has 23 heavy (non-hydrogen) atoms. The largest absolute Gasteiger partial charge is 0.493 e. The van der Waals surface area contributed by atoms with E-state index in [1.54, 1.807) is 25.8 Å². The minimum atomic E-state index is 0.585. The van der Waals surface area contributed by atoms with Gasteiger partial charge in [-0.15, -0.1) is 5.10 Å². The summed E-state index contributed by atoms with van der Waals surface area (Å²) in [5.41, 5.74) is 1.96. The van der Waals surface area contributed by atoms with Gasteiger partial charge in [-0.25, -0.2) is 9.50 Å². The van der Waals surface area contributed by atoms with Gasteiger partial charge in [0.2, 0.25) is 15.8 Å². The Hall–Kier alpha value is -2.48. The minimum absolute atomic E-state index is 0.585. The smallest absolute Gasteiger partial charge is 0.214 e. The fourth-order valence-electron chi connectivity index (χ4n) is 2.30. The van der Waals surface area contributed by atoms with Crippen molar-refractivity contribution in [3.8, 4) is 17.2 Å². The van der Waals surface area contributed by atoms with Crippen LogP contribution in [0.15, 0.2) is 18.3 Å². The number of imidazole rings is 1. The second-order valence-corrected chi connectivity index (χ2v) is 5.86. The predicted molar refractivity (Wildman–Crippen MR) is 89.0 cm³/mol. The number of fused-ring (bicyclic) bond motifs is 1. The van der Waals surface area contributed by atoms with Crippen molar-refractivity contribution in [1.29, 1.82) is 0 Å². The number of hydrogen-bond donors (Lipinski definition) is 1. The lowest BCUT2D eigenvalue weighted by Crippen LogP contribution is -2.02. The number of rotatable bonds is 6. The highest BCUT2D eigenvalue weighted by atomic mass is 32.1. The molecule has 0 saturated carbocycles. The van der Waals surface area contributed by atoms with Crippen LogP contribution in [0, 0.1) is 6.92 Å². The van der Waals surface area contributed by atoms with Crippen LogP contribution in [0.4, 0.5) is 5.13 Å². The Bertz CT molecular complexity index is 771. The first-order valence-corrected chi connectivity index (χ1v) is 7.81. The summed E-state index contributed by atoms with van der Waals surface area (Å²) in [7, 11) is 4.80. The van der Waals surface area contributed by atoms with Crippen LogP contribution in [-0.2, 0) is 6.54 Å². The van der Waals surface area contributed by atoms with Crippen molar-refractivity contribution >= 4 is 21.4 Å². The third-order valence-electron chi connectivity index (χ3n) is 3.33. The summed E-state index contributed by atoms with van der Waals surface area (Å²) < 4.78 is 17.8. The zero-order valence-corrected chi connectivity index (χ0v) is 14.2. The standard InChI is InChI=1S/C15H18N4O3S/c1-9-8-19-15(17-9)23-14(18-19)16-7-10-5-11(20-2)13(22-4)12(6-10)21-3/h5-6,8H,7H2,1-4H3,(H,16,18). The third-order valence-corrected chi connectivity index (χ3v) is 4.21. The molecule has 8 heteroatoms. The summed E-state index contributed by atoms with van der Waals surface area (Å²) in [4.78, 5) is 5.26. The highest BCUT2D eigenvalue weighted by Crippen LogP contribution is 2.38. The van der Waals surface area contributed by atoms with Gasteiger partial charge in [-0.05, 0) is 24.6 Å². The van der Waals surface area contributed by atoms with E-state index in [4.69, 9.17) is 14.2 Å². The van der Waals surface area contributed by atoms with Crippen LogP contribution in [0.1, 0.15) is 11.3 Å². The molecule has 0 amide bonds. The number of ether oxygens (including phenoxy) is 3. The normalized spacial score (nSPS) is 10.8. The molecule has 0 fully saturated rings. The Labute approximate surface area is 137 Å². The number of nitrogens with one attached hydrogen (secondary N) is 1. The molecule has 0 atom stereocenters. The Morgan fingerprint density at radius 2 is 1.83 bits per heavy atom. The van der Waals surface area contributed by atoms with Gasteiger partial charge in [0.1, 0.15) is 0 Å². The average Bonchev–Trinajstić information content (AvgIpc) is 3.08. The molecule has 1 N–H and O–H groups in total. The maximum Gasteiger partial charge on any atom is 0.214 e. The molecule has 122 valence electrons. The van der Waals surface area contributed by atoms with Crippen LogP contribution < -0.4 is 19.5 Å². The Morgan fingerprint density at radius 3 is 2.39 bits per heavy atom. The molecule has 3 rings (SSSR count). The van der Waals surface area contributed by atoms with Gasteiger partial charge in [0.25, 0.3) is 0 Å². The van der Waals surface area contributed by atoms with Crippen molar-refractivity contribution in [1.82, 2.24) is 14.6 Å².